The summed E-state index contributed by atoms with van der Waals surface area (Å²) in [5, 5.41) is 3.47. The van der Waals surface area contributed by atoms with E-state index in [4.69, 9.17) is 5.73 Å². The number of aromatic nitrogens is 2. The lowest BCUT2D eigenvalue weighted by Crippen LogP contribution is -2.17. The highest BCUT2D eigenvalue weighted by molar-refractivity contribution is 5.30. The Morgan fingerprint density at radius 1 is 1.53 bits per heavy atom. The molecule has 0 aromatic carbocycles. The highest BCUT2D eigenvalue weighted by Gasteiger charge is 2.21. The van der Waals surface area contributed by atoms with Gasteiger partial charge in [-0.15, -0.1) is 0 Å². The van der Waals surface area contributed by atoms with Crippen LogP contribution in [0, 0.1) is 0 Å². The molecule has 0 radical (unpaired) electrons. The van der Waals surface area contributed by atoms with Gasteiger partial charge in [0, 0.05) is 17.8 Å². The smallest absolute Gasteiger partial charge is 0.220 e. The highest BCUT2D eigenvalue weighted by Crippen LogP contribution is 2.28. The van der Waals surface area contributed by atoms with Crippen molar-refractivity contribution in [3.63, 3.8) is 0 Å². The number of nitrogens with one attached hydrogen (secondary N) is 1. The van der Waals surface area contributed by atoms with E-state index in [2.05, 4.69) is 29.1 Å². The summed E-state index contributed by atoms with van der Waals surface area (Å²) in [7, 11) is 0. The fourth-order valence-corrected chi connectivity index (χ4v) is 2.10. The van der Waals surface area contributed by atoms with E-state index < -0.39 is 0 Å². The lowest BCUT2D eigenvalue weighted by molar-refractivity contribution is 0.621. The molecule has 2 heterocycles. The average molecular weight is 206 g/mol. The molecule has 0 amide bonds. The first-order chi connectivity index (χ1) is 7.18. The first kappa shape index (κ1) is 10.4. The molecule has 0 spiro atoms. The number of rotatable bonds is 2. The summed E-state index contributed by atoms with van der Waals surface area (Å²) in [6.45, 7) is 5.37. The van der Waals surface area contributed by atoms with Crippen LogP contribution in [0.25, 0.3) is 0 Å². The molecule has 1 aromatic heterocycles. The number of nitrogen functional groups attached to an aromatic ring is 1. The normalized spacial score (nSPS) is 21.1. The molecule has 0 saturated carbocycles. The summed E-state index contributed by atoms with van der Waals surface area (Å²) in [6.07, 6.45) is 4.28. The zero-order chi connectivity index (χ0) is 10.8. The second kappa shape index (κ2) is 4.14. The van der Waals surface area contributed by atoms with Crippen LogP contribution >= 0.6 is 0 Å². The van der Waals surface area contributed by atoms with Gasteiger partial charge in [-0.25, -0.2) is 9.97 Å². The second-order valence-corrected chi connectivity index (χ2v) is 4.37. The Hall–Kier alpha value is -1.16. The molecule has 4 nitrogen and oxygen atoms in total. The fourth-order valence-electron chi connectivity index (χ4n) is 2.10. The number of anilines is 1. The van der Waals surface area contributed by atoms with Gasteiger partial charge in [-0.1, -0.05) is 13.8 Å². The molecule has 3 N–H and O–H groups in total. The van der Waals surface area contributed by atoms with Crippen LogP contribution in [0.5, 0.6) is 0 Å². The molecule has 4 heteroatoms. The molecule has 2 rings (SSSR count). The van der Waals surface area contributed by atoms with E-state index in [1.165, 1.54) is 18.4 Å². The Morgan fingerprint density at radius 2 is 2.33 bits per heavy atom. The van der Waals surface area contributed by atoms with Crippen molar-refractivity contribution in [2.24, 2.45) is 0 Å². The van der Waals surface area contributed by atoms with E-state index in [9.17, 15) is 0 Å². The van der Waals surface area contributed by atoms with Crippen molar-refractivity contribution in [2.75, 3.05) is 12.3 Å². The van der Waals surface area contributed by atoms with Crippen molar-refractivity contribution in [2.45, 2.75) is 38.6 Å². The SMILES string of the molecule is CC(C)c1nc(N)ncc1C1CCCN1. The molecule has 1 fully saturated rings. The molecule has 82 valence electrons. The van der Waals surface area contributed by atoms with Gasteiger partial charge in [-0.2, -0.15) is 0 Å². The standard InChI is InChI=1S/C11H18N4/c1-7(2)10-8(6-14-11(12)15-10)9-4-3-5-13-9/h6-7,9,13H,3-5H2,1-2H3,(H2,12,14,15). The molecule has 15 heavy (non-hydrogen) atoms. The summed E-state index contributed by atoms with van der Waals surface area (Å²) in [4.78, 5) is 8.44. The third-order valence-electron chi connectivity index (χ3n) is 2.85. The third-order valence-corrected chi connectivity index (χ3v) is 2.85. The zero-order valence-electron chi connectivity index (χ0n) is 9.33. The summed E-state index contributed by atoms with van der Waals surface area (Å²) >= 11 is 0. The maximum atomic E-state index is 5.62. The monoisotopic (exact) mass is 206 g/mol. The van der Waals surface area contributed by atoms with Crippen LogP contribution in [-0.2, 0) is 0 Å². The Morgan fingerprint density at radius 3 is 2.93 bits per heavy atom. The van der Waals surface area contributed by atoms with Crippen LogP contribution in [0.4, 0.5) is 5.95 Å². The van der Waals surface area contributed by atoms with E-state index in [0.717, 1.165) is 12.2 Å². The van der Waals surface area contributed by atoms with Gasteiger partial charge in [0.05, 0.1) is 5.69 Å². The number of nitrogens with two attached hydrogens (primary N) is 1. The summed E-state index contributed by atoms with van der Waals surface area (Å²) in [6, 6.07) is 0.419. The van der Waals surface area contributed by atoms with Crippen molar-refractivity contribution in [3.05, 3.63) is 17.5 Å². The van der Waals surface area contributed by atoms with E-state index in [1.807, 2.05) is 6.20 Å². The van der Waals surface area contributed by atoms with E-state index in [0.29, 0.717) is 17.9 Å². The Labute approximate surface area is 90.3 Å². The first-order valence-electron chi connectivity index (χ1n) is 5.54. The molecule has 1 atom stereocenters. The minimum atomic E-state index is 0.375. The first-order valence-corrected chi connectivity index (χ1v) is 5.54. The average Bonchev–Trinajstić information content (AvgIpc) is 2.70. The molecule has 1 unspecified atom stereocenters. The predicted molar refractivity (Wildman–Crippen MR) is 60.5 cm³/mol. The van der Waals surface area contributed by atoms with Gasteiger partial charge in [0.1, 0.15) is 0 Å². The lowest BCUT2D eigenvalue weighted by Gasteiger charge is -2.16. The van der Waals surface area contributed by atoms with Crippen LogP contribution in [0.3, 0.4) is 0 Å². The number of nitrogens with zero attached hydrogens (tertiary/aromatic N) is 2. The number of hydrogen-bond acceptors (Lipinski definition) is 4. The second-order valence-electron chi connectivity index (χ2n) is 4.37. The lowest BCUT2D eigenvalue weighted by atomic mass is 9.99. The third kappa shape index (κ3) is 2.09. The Balaban J connectivity index is 2.36. The fraction of sp³-hybridized carbons (Fsp3) is 0.636. The van der Waals surface area contributed by atoms with Gasteiger partial charge in [-0.3, -0.25) is 0 Å². The topological polar surface area (TPSA) is 63.8 Å². The summed E-state index contributed by atoms with van der Waals surface area (Å²) in [5.41, 5.74) is 7.93. The molecule has 0 bridgehead atoms. The maximum Gasteiger partial charge on any atom is 0.220 e. The van der Waals surface area contributed by atoms with Crippen LogP contribution < -0.4 is 11.1 Å². The largest absolute Gasteiger partial charge is 0.368 e. The van der Waals surface area contributed by atoms with Gasteiger partial charge in [0.15, 0.2) is 0 Å². The quantitative estimate of drug-likeness (QED) is 0.771. The minimum Gasteiger partial charge on any atom is -0.368 e. The summed E-state index contributed by atoms with van der Waals surface area (Å²) < 4.78 is 0. The molecular weight excluding hydrogens is 188 g/mol. The maximum absolute atomic E-state index is 5.62. The van der Waals surface area contributed by atoms with E-state index in [-0.39, 0.29) is 0 Å². The zero-order valence-corrected chi connectivity index (χ0v) is 9.33. The number of hydrogen-bond donors (Lipinski definition) is 2. The van der Waals surface area contributed by atoms with Crippen LogP contribution in [0.2, 0.25) is 0 Å². The van der Waals surface area contributed by atoms with Crippen molar-refractivity contribution in [1.29, 1.82) is 0 Å². The predicted octanol–water partition coefficient (Wildman–Crippen LogP) is 1.61. The van der Waals surface area contributed by atoms with Crippen molar-refractivity contribution >= 4 is 5.95 Å². The van der Waals surface area contributed by atoms with E-state index >= 15 is 0 Å². The van der Waals surface area contributed by atoms with E-state index in [1.54, 1.807) is 0 Å². The highest BCUT2D eigenvalue weighted by atomic mass is 15.0. The Kier molecular flexibility index (Phi) is 2.86. The molecule has 1 aliphatic heterocycles. The van der Waals surface area contributed by atoms with Crippen molar-refractivity contribution in [3.8, 4) is 0 Å². The molecule has 0 aliphatic carbocycles. The summed E-state index contributed by atoms with van der Waals surface area (Å²) in [5.74, 6) is 0.771. The van der Waals surface area contributed by atoms with Crippen LogP contribution in [-0.4, -0.2) is 16.5 Å². The Bertz CT molecular complexity index is 342. The van der Waals surface area contributed by atoms with Crippen molar-refractivity contribution < 1.29 is 0 Å². The van der Waals surface area contributed by atoms with Gasteiger partial charge in [0.25, 0.3) is 0 Å². The van der Waals surface area contributed by atoms with Gasteiger partial charge in [-0.05, 0) is 25.3 Å². The van der Waals surface area contributed by atoms with Crippen LogP contribution in [0.15, 0.2) is 6.20 Å². The van der Waals surface area contributed by atoms with Gasteiger partial charge >= 0.3 is 0 Å². The minimum absolute atomic E-state index is 0.375. The molecule has 1 aliphatic rings. The molecule has 1 saturated heterocycles. The van der Waals surface area contributed by atoms with Crippen LogP contribution in [0.1, 0.15) is 49.9 Å². The molecule has 1 aromatic rings. The molecular formula is C11H18N4. The van der Waals surface area contributed by atoms with Gasteiger partial charge in [0.2, 0.25) is 5.95 Å². The van der Waals surface area contributed by atoms with Crippen molar-refractivity contribution in [1.82, 2.24) is 15.3 Å². The van der Waals surface area contributed by atoms with Gasteiger partial charge < -0.3 is 11.1 Å².